The highest BCUT2D eigenvalue weighted by molar-refractivity contribution is 6.20. The third-order valence-corrected chi connectivity index (χ3v) is 12.6. The Hall–Kier alpha value is -8.12. The fourth-order valence-corrected chi connectivity index (χ4v) is 9.30. The van der Waals surface area contributed by atoms with E-state index in [0.717, 1.165) is 22.3 Å². The van der Waals surface area contributed by atoms with E-state index < -0.39 is 98.5 Å². The molecule has 70 heavy (non-hydrogen) atoms. The normalized spacial score (nSPS) is 17.8. The van der Waals surface area contributed by atoms with E-state index in [1.54, 1.807) is 36.4 Å². The lowest BCUT2D eigenvalue weighted by Crippen LogP contribution is -2.57. The largest absolute Gasteiger partial charge is 0.508 e. The maximum absolute atomic E-state index is 14.1. The number of aliphatic hydroxyl groups is 3. The number of nitrogens with zero attached hydrogens (tertiary/aromatic N) is 3. The van der Waals surface area contributed by atoms with Crippen molar-refractivity contribution >= 4 is 39.8 Å². The first-order chi connectivity index (χ1) is 33.7. The highest BCUT2D eigenvalue weighted by atomic mass is 16.6. The summed E-state index contributed by atoms with van der Waals surface area (Å²) in [7, 11) is 0. The molecule has 4 aromatic carbocycles. The van der Waals surface area contributed by atoms with Crippen LogP contribution >= 0.6 is 0 Å². The van der Waals surface area contributed by atoms with E-state index in [-0.39, 0.29) is 23.1 Å². The summed E-state index contributed by atoms with van der Waals surface area (Å²) in [6.07, 6.45) is 11.1. The minimum atomic E-state index is -1.78. The first-order valence-corrected chi connectivity index (χ1v) is 22.6. The maximum Gasteiger partial charge on any atom is 0.342 e. The lowest BCUT2D eigenvalue weighted by Gasteiger charge is -2.28. The summed E-state index contributed by atoms with van der Waals surface area (Å²) in [5, 5.41) is 54.9. The molecular weight excluding hydrogens is 903 g/mol. The Bertz CT molecular complexity index is 3170. The van der Waals surface area contributed by atoms with Gasteiger partial charge in [-0.05, 0) is 81.3 Å². The van der Waals surface area contributed by atoms with Crippen LogP contribution in [0.4, 0.5) is 0 Å². The van der Waals surface area contributed by atoms with Crippen molar-refractivity contribution in [3.8, 4) is 11.5 Å². The molecule has 4 aliphatic rings. The van der Waals surface area contributed by atoms with E-state index in [1.807, 2.05) is 60.7 Å². The standard InChI is InChI=1S/C53H47N3O14/c57-36-18-17-30-23-45(61)44(22-35(30)21-36)48(62)68-27-37(58)24-54-51(65)55(25-38(59)28-69-49(63)46-40-13-5-1-9-31(40)19-32-10-2-6-14-41(32)46)53(67)56(52(54)66)26-39(60)29-70-50(64)47-42-15-7-3-11-33(42)20-34-12-4-8-16-43(34)47/h1-18,21-23,31,33,37-39,57-61H,19-20,24-29H2. The van der Waals surface area contributed by atoms with Gasteiger partial charge in [-0.3, -0.25) is 0 Å². The van der Waals surface area contributed by atoms with Gasteiger partial charge >= 0.3 is 35.0 Å². The minimum Gasteiger partial charge on any atom is -0.508 e. The molecule has 0 fully saturated rings. The molecule has 4 aliphatic carbocycles. The number of aromatic hydroxyl groups is 2. The van der Waals surface area contributed by atoms with Crippen LogP contribution in [0.5, 0.6) is 11.5 Å². The third-order valence-electron chi connectivity index (χ3n) is 12.6. The molecule has 0 saturated heterocycles. The smallest absolute Gasteiger partial charge is 0.342 e. The Morgan fingerprint density at radius 1 is 0.543 bits per heavy atom. The number of esters is 3. The average molecular weight is 950 g/mol. The average Bonchev–Trinajstić information content (AvgIpc) is 3.36. The van der Waals surface area contributed by atoms with Crippen LogP contribution in [0.2, 0.25) is 0 Å². The number of carbonyl (C=O) groups excluding carboxylic acids is 3. The summed E-state index contributed by atoms with van der Waals surface area (Å²) in [5.41, 5.74) is 0.989. The van der Waals surface area contributed by atoms with Crippen molar-refractivity contribution in [2.45, 2.75) is 50.8 Å². The van der Waals surface area contributed by atoms with E-state index in [0.29, 0.717) is 59.6 Å². The molecule has 5 N–H and O–H groups in total. The van der Waals surface area contributed by atoms with Crippen molar-refractivity contribution in [3.63, 3.8) is 0 Å². The monoisotopic (exact) mass is 949 g/mol. The lowest BCUT2D eigenvalue weighted by molar-refractivity contribution is -0.140. The summed E-state index contributed by atoms with van der Waals surface area (Å²) in [6, 6.07) is 21.5. The number of allylic oxidation sites excluding steroid dienone is 10. The van der Waals surface area contributed by atoms with E-state index in [9.17, 15) is 54.3 Å². The van der Waals surface area contributed by atoms with Crippen molar-refractivity contribution in [1.82, 2.24) is 13.7 Å². The quantitative estimate of drug-likeness (QED) is 0.0748. The molecule has 1 heterocycles. The third kappa shape index (κ3) is 9.49. The van der Waals surface area contributed by atoms with Crippen LogP contribution in [0.15, 0.2) is 153 Å². The predicted molar refractivity (Wildman–Crippen MR) is 254 cm³/mol. The minimum absolute atomic E-state index is 0.0927. The number of hydrogen-bond acceptors (Lipinski definition) is 14. The van der Waals surface area contributed by atoms with Crippen molar-refractivity contribution < 1.29 is 54.1 Å². The fourth-order valence-electron chi connectivity index (χ4n) is 9.30. The van der Waals surface area contributed by atoms with Crippen LogP contribution in [0.3, 0.4) is 0 Å². The van der Waals surface area contributed by atoms with Gasteiger partial charge in [0.05, 0.1) is 30.8 Å². The van der Waals surface area contributed by atoms with Crippen LogP contribution in [-0.2, 0) is 56.3 Å². The zero-order chi connectivity index (χ0) is 49.2. The molecule has 9 rings (SSSR count). The number of fused-ring (bicyclic) bond motifs is 5. The molecule has 0 saturated carbocycles. The SMILES string of the molecule is O=C(OCC(O)Cn1c(=O)n(CC(O)COC(=O)C2=C3C=CC=CC3Cc3ccccc32)c(=O)n(CC(O)COC(=O)c2cc3cc(O)ccc3cc2O)c1=O)C1=C2C=CC=CC2Cc2ccccc21. The second kappa shape index (κ2) is 19.8. The molecule has 0 radical (unpaired) electrons. The zero-order valence-corrected chi connectivity index (χ0v) is 37.4. The molecule has 1 aromatic heterocycles. The number of carbonyl (C=O) groups is 3. The number of aromatic nitrogens is 3. The Morgan fingerprint density at radius 3 is 1.46 bits per heavy atom. The highest BCUT2D eigenvalue weighted by Crippen LogP contribution is 2.40. The second-order valence-corrected chi connectivity index (χ2v) is 17.4. The van der Waals surface area contributed by atoms with Gasteiger partial charge in [0.1, 0.15) is 55.2 Å². The molecule has 17 heteroatoms. The Labute approximate surface area is 398 Å². The van der Waals surface area contributed by atoms with E-state index in [2.05, 4.69) is 0 Å². The Kier molecular flexibility index (Phi) is 13.3. The molecule has 5 aromatic rings. The predicted octanol–water partition coefficient (Wildman–Crippen LogP) is 3.27. The second-order valence-electron chi connectivity index (χ2n) is 17.4. The van der Waals surface area contributed by atoms with Crippen LogP contribution in [0, 0.1) is 11.8 Å². The molecule has 17 nitrogen and oxygen atoms in total. The van der Waals surface area contributed by atoms with Crippen molar-refractivity contribution in [2.75, 3.05) is 19.8 Å². The van der Waals surface area contributed by atoms with Gasteiger partial charge in [-0.25, -0.2) is 42.5 Å². The lowest BCUT2D eigenvalue weighted by atomic mass is 9.77. The molecule has 5 atom stereocenters. The highest BCUT2D eigenvalue weighted by Gasteiger charge is 2.33. The molecule has 0 spiro atoms. The van der Waals surface area contributed by atoms with Gasteiger partial charge in [-0.15, -0.1) is 0 Å². The summed E-state index contributed by atoms with van der Waals surface area (Å²) in [4.78, 5) is 82.7. The van der Waals surface area contributed by atoms with Gasteiger partial charge in [-0.1, -0.05) is 103 Å². The number of phenols is 2. The number of ether oxygens (including phenoxy) is 3. The molecule has 0 aliphatic heterocycles. The van der Waals surface area contributed by atoms with E-state index in [1.165, 1.54) is 30.3 Å². The Morgan fingerprint density at radius 2 is 0.986 bits per heavy atom. The van der Waals surface area contributed by atoms with Gasteiger partial charge in [0.25, 0.3) is 0 Å². The summed E-state index contributed by atoms with van der Waals surface area (Å²) in [6.45, 7) is -4.75. The number of aliphatic hydroxyl groups excluding tert-OH is 3. The first kappa shape index (κ1) is 47.0. The molecular formula is C53H47N3O14. The van der Waals surface area contributed by atoms with Crippen LogP contribution < -0.4 is 17.1 Å². The summed E-state index contributed by atoms with van der Waals surface area (Å²) < 4.78 is 17.8. The van der Waals surface area contributed by atoms with Crippen LogP contribution in [-0.4, -0.2) is 95.3 Å². The van der Waals surface area contributed by atoms with Crippen molar-refractivity contribution in [3.05, 3.63) is 198 Å². The molecule has 358 valence electrons. The van der Waals surface area contributed by atoms with Crippen LogP contribution in [0.25, 0.3) is 21.9 Å². The number of benzene rings is 4. The van der Waals surface area contributed by atoms with Gasteiger partial charge in [0.15, 0.2) is 0 Å². The zero-order valence-electron chi connectivity index (χ0n) is 37.4. The number of rotatable bonds is 15. The molecule has 5 unspecified atom stereocenters. The number of phenolic OH excluding ortho intramolecular Hbond substituents is 2. The topological polar surface area (TPSA) is 246 Å². The van der Waals surface area contributed by atoms with Gasteiger partial charge < -0.3 is 39.7 Å². The van der Waals surface area contributed by atoms with Gasteiger partial charge in [0.2, 0.25) is 0 Å². The van der Waals surface area contributed by atoms with Crippen molar-refractivity contribution in [1.29, 1.82) is 0 Å². The van der Waals surface area contributed by atoms with Gasteiger partial charge in [-0.2, -0.15) is 0 Å². The summed E-state index contributed by atoms with van der Waals surface area (Å²) in [5.74, 6) is -3.35. The van der Waals surface area contributed by atoms with Gasteiger partial charge in [0, 0.05) is 11.8 Å². The summed E-state index contributed by atoms with van der Waals surface area (Å²) >= 11 is 0. The fraction of sp³-hybridized carbons (Fsp3) is 0.245. The van der Waals surface area contributed by atoms with E-state index in [4.69, 9.17) is 14.2 Å². The maximum atomic E-state index is 14.1. The van der Waals surface area contributed by atoms with Crippen LogP contribution in [0.1, 0.15) is 32.6 Å². The number of hydrogen-bond donors (Lipinski definition) is 5. The van der Waals surface area contributed by atoms with E-state index >= 15 is 0 Å². The van der Waals surface area contributed by atoms with Crippen molar-refractivity contribution in [2.24, 2.45) is 11.8 Å². The first-order valence-electron chi connectivity index (χ1n) is 22.6. The Balaban J connectivity index is 0.952. The molecule has 0 amide bonds. The molecule has 0 bridgehead atoms.